The van der Waals surface area contributed by atoms with Gasteiger partial charge in [-0.25, -0.2) is 4.39 Å². The summed E-state index contributed by atoms with van der Waals surface area (Å²) in [6, 6.07) is 16.0. The van der Waals surface area contributed by atoms with Crippen LogP contribution in [-0.2, 0) is 4.74 Å². The van der Waals surface area contributed by atoms with E-state index in [0.717, 1.165) is 30.9 Å². The maximum Gasteiger partial charge on any atom is 0.126 e. The molecule has 0 heterocycles. The van der Waals surface area contributed by atoms with Crippen molar-refractivity contribution in [1.82, 2.24) is 0 Å². The summed E-state index contributed by atoms with van der Waals surface area (Å²) in [4.78, 5) is 0. The molecule has 44 heavy (non-hydrogen) atoms. The van der Waals surface area contributed by atoms with Gasteiger partial charge in [-0.15, -0.1) is 0 Å². The number of hydrogen-bond acceptors (Lipinski definition) is 1. The molecule has 3 saturated carbocycles. The Labute approximate surface area is 270 Å². The summed E-state index contributed by atoms with van der Waals surface area (Å²) in [6.07, 6.45) is 27.3. The normalized spacial score (nSPS) is 27.8. The first kappa shape index (κ1) is 33.7. The van der Waals surface area contributed by atoms with E-state index in [1.54, 1.807) is 0 Å². The summed E-state index contributed by atoms with van der Waals surface area (Å²) in [6.45, 7) is 5.46. The van der Waals surface area contributed by atoms with Gasteiger partial charge in [0, 0.05) is 6.61 Å². The molecule has 0 aliphatic heterocycles. The molecule has 5 rings (SSSR count). The molecule has 0 amide bonds. The average Bonchev–Trinajstić information content (AvgIpc) is 3.07. The Balaban J connectivity index is 1.03. The van der Waals surface area contributed by atoms with E-state index in [-0.39, 0.29) is 5.82 Å². The zero-order valence-electron chi connectivity index (χ0n) is 28.3. The number of ether oxygens (including phenoxy) is 1. The molecule has 3 aliphatic carbocycles. The van der Waals surface area contributed by atoms with Gasteiger partial charge in [0.05, 0.1) is 6.10 Å². The van der Waals surface area contributed by atoms with E-state index in [9.17, 15) is 0 Å². The molecule has 0 saturated heterocycles. The minimum Gasteiger partial charge on any atom is -0.378 e. The number of hydrogen-bond donors (Lipinski definition) is 0. The lowest BCUT2D eigenvalue weighted by Crippen LogP contribution is -2.21. The fourth-order valence-electron chi connectivity index (χ4n) is 8.86. The molecule has 0 atom stereocenters. The summed E-state index contributed by atoms with van der Waals surface area (Å²) in [5.74, 6) is 3.22. The Hall–Kier alpha value is -1.67. The van der Waals surface area contributed by atoms with E-state index >= 15 is 4.39 Å². The zero-order valence-corrected chi connectivity index (χ0v) is 28.3. The highest BCUT2D eigenvalue weighted by Gasteiger charge is 2.28. The van der Waals surface area contributed by atoms with Gasteiger partial charge >= 0.3 is 0 Å². The SMILES string of the molecule is CCCCCCCCC1CCC(c2ccc(C3CCC(c4ccc(C5CCC(OCCCC)CC5)cc4)CC3)c(F)c2)CC1. The Morgan fingerprint density at radius 2 is 1.05 bits per heavy atom. The van der Waals surface area contributed by atoms with Crippen molar-refractivity contribution in [1.29, 1.82) is 0 Å². The molecule has 0 N–H and O–H groups in total. The van der Waals surface area contributed by atoms with Crippen LogP contribution in [0.4, 0.5) is 4.39 Å². The zero-order chi connectivity index (χ0) is 30.6. The van der Waals surface area contributed by atoms with E-state index in [4.69, 9.17) is 4.74 Å². The van der Waals surface area contributed by atoms with Gasteiger partial charge in [-0.05, 0) is 141 Å². The Morgan fingerprint density at radius 3 is 1.66 bits per heavy atom. The monoisotopic (exact) mass is 602 g/mol. The number of benzene rings is 2. The van der Waals surface area contributed by atoms with Crippen LogP contribution in [0, 0.1) is 11.7 Å². The minimum absolute atomic E-state index is 0.0648. The van der Waals surface area contributed by atoms with Gasteiger partial charge in [-0.1, -0.05) is 102 Å². The third-order valence-corrected chi connectivity index (χ3v) is 11.9. The van der Waals surface area contributed by atoms with Crippen LogP contribution in [0.25, 0.3) is 0 Å². The van der Waals surface area contributed by atoms with Gasteiger partial charge in [-0.2, -0.15) is 0 Å². The van der Waals surface area contributed by atoms with Gasteiger partial charge in [0.1, 0.15) is 5.82 Å². The fraction of sp³-hybridized carbons (Fsp3) is 0.714. The van der Waals surface area contributed by atoms with Crippen molar-refractivity contribution < 1.29 is 9.13 Å². The number of rotatable bonds is 15. The lowest BCUT2D eigenvalue weighted by molar-refractivity contribution is 0.0232. The second-order valence-electron chi connectivity index (χ2n) is 15.0. The van der Waals surface area contributed by atoms with Crippen LogP contribution >= 0.6 is 0 Å². The Morgan fingerprint density at radius 1 is 0.545 bits per heavy atom. The summed E-state index contributed by atoms with van der Waals surface area (Å²) >= 11 is 0. The molecule has 3 fully saturated rings. The van der Waals surface area contributed by atoms with Gasteiger partial charge in [0.2, 0.25) is 0 Å². The minimum atomic E-state index is 0.0648. The molecule has 2 aromatic rings. The molecule has 1 nitrogen and oxygen atoms in total. The molecule has 3 aliphatic rings. The van der Waals surface area contributed by atoms with Crippen LogP contribution in [0.1, 0.15) is 195 Å². The van der Waals surface area contributed by atoms with E-state index in [2.05, 4.69) is 50.2 Å². The van der Waals surface area contributed by atoms with Crippen molar-refractivity contribution in [3.05, 3.63) is 70.5 Å². The third-order valence-electron chi connectivity index (χ3n) is 11.9. The molecule has 244 valence electrons. The standard InChI is InChI=1S/C42H63FO/c1-3-5-7-8-9-10-11-32-12-14-37(15-13-32)39-26-29-41(42(43)31-39)38-22-20-35(21-23-38)33-16-18-34(19-17-33)36-24-27-40(28-25-36)44-30-6-4-2/h16-19,26,29,31-32,35-38,40H,3-15,20-25,27-28,30H2,1-2H3. The third kappa shape index (κ3) is 9.67. The Bertz CT molecular complexity index is 1070. The van der Waals surface area contributed by atoms with Crippen molar-refractivity contribution in [3.8, 4) is 0 Å². The Kier molecular flexibility index (Phi) is 13.7. The number of unbranched alkanes of at least 4 members (excludes halogenated alkanes) is 6. The maximum atomic E-state index is 15.5. The van der Waals surface area contributed by atoms with Crippen LogP contribution in [0.15, 0.2) is 42.5 Å². The largest absolute Gasteiger partial charge is 0.378 e. The van der Waals surface area contributed by atoms with Crippen LogP contribution in [0.5, 0.6) is 0 Å². The van der Waals surface area contributed by atoms with Gasteiger partial charge in [0.15, 0.2) is 0 Å². The number of halogens is 1. The van der Waals surface area contributed by atoms with Crippen LogP contribution in [0.3, 0.4) is 0 Å². The fourth-order valence-corrected chi connectivity index (χ4v) is 8.86. The predicted molar refractivity (Wildman–Crippen MR) is 185 cm³/mol. The van der Waals surface area contributed by atoms with Crippen LogP contribution in [0.2, 0.25) is 0 Å². The molecule has 0 unspecified atom stereocenters. The highest BCUT2D eigenvalue weighted by Crippen LogP contribution is 2.43. The van der Waals surface area contributed by atoms with E-state index in [0.29, 0.717) is 29.8 Å². The molecule has 0 radical (unpaired) electrons. The first-order valence-electron chi connectivity index (χ1n) is 19.1. The first-order valence-corrected chi connectivity index (χ1v) is 19.1. The topological polar surface area (TPSA) is 9.23 Å². The molecule has 0 spiro atoms. The first-order chi connectivity index (χ1) is 21.6. The van der Waals surface area contributed by atoms with Crippen molar-refractivity contribution in [2.75, 3.05) is 6.61 Å². The van der Waals surface area contributed by atoms with Crippen molar-refractivity contribution in [2.24, 2.45) is 5.92 Å². The molecule has 2 aromatic carbocycles. The smallest absolute Gasteiger partial charge is 0.126 e. The van der Waals surface area contributed by atoms with Gasteiger partial charge in [-0.3, -0.25) is 0 Å². The maximum absolute atomic E-state index is 15.5. The highest BCUT2D eigenvalue weighted by molar-refractivity contribution is 5.32. The summed E-state index contributed by atoms with van der Waals surface area (Å²) in [7, 11) is 0. The average molecular weight is 603 g/mol. The predicted octanol–water partition coefficient (Wildman–Crippen LogP) is 13.1. The second kappa shape index (κ2) is 17.9. The van der Waals surface area contributed by atoms with Gasteiger partial charge < -0.3 is 4.74 Å². The van der Waals surface area contributed by atoms with E-state index in [1.165, 1.54) is 139 Å². The lowest BCUT2D eigenvalue weighted by atomic mass is 9.74. The van der Waals surface area contributed by atoms with Crippen LogP contribution in [-0.4, -0.2) is 12.7 Å². The molecular formula is C42H63FO. The molecule has 0 bridgehead atoms. The van der Waals surface area contributed by atoms with E-state index in [1.807, 2.05) is 6.07 Å². The molecule has 0 aromatic heterocycles. The van der Waals surface area contributed by atoms with Gasteiger partial charge in [0.25, 0.3) is 0 Å². The quantitative estimate of drug-likeness (QED) is 0.184. The van der Waals surface area contributed by atoms with Crippen LogP contribution < -0.4 is 0 Å². The molecule has 2 heteroatoms. The van der Waals surface area contributed by atoms with Crippen molar-refractivity contribution >= 4 is 0 Å². The summed E-state index contributed by atoms with van der Waals surface area (Å²) < 4.78 is 21.6. The van der Waals surface area contributed by atoms with Crippen molar-refractivity contribution in [3.63, 3.8) is 0 Å². The highest BCUT2D eigenvalue weighted by atomic mass is 19.1. The summed E-state index contributed by atoms with van der Waals surface area (Å²) in [5, 5.41) is 0. The molecular weight excluding hydrogens is 539 g/mol. The van der Waals surface area contributed by atoms with E-state index < -0.39 is 0 Å². The summed E-state index contributed by atoms with van der Waals surface area (Å²) in [5.41, 5.74) is 5.25. The van der Waals surface area contributed by atoms with Crippen molar-refractivity contribution in [2.45, 2.75) is 178 Å². The lowest BCUT2D eigenvalue weighted by Gasteiger charge is -2.31. The second-order valence-corrected chi connectivity index (χ2v) is 15.0.